The smallest absolute Gasteiger partial charge is 0.165 e. The lowest BCUT2D eigenvalue weighted by molar-refractivity contribution is -0.258. The molecule has 0 aromatic heterocycles. The number of hydrogen-bond acceptors (Lipinski definition) is 5. The number of phenolic OH excluding ortho intramolecular Hbond substituents is 1. The van der Waals surface area contributed by atoms with Crippen LogP contribution in [0.3, 0.4) is 0 Å². The summed E-state index contributed by atoms with van der Waals surface area (Å²) >= 11 is 0. The molecule has 0 amide bonds. The van der Waals surface area contributed by atoms with Crippen LogP contribution in [0.1, 0.15) is 78.9 Å². The van der Waals surface area contributed by atoms with Crippen molar-refractivity contribution in [1.29, 1.82) is 0 Å². The SMILES string of the molecule is CC[C@]1(OC)C2Oc3c(O)ccc4c3C2(CCNCC4)C(C)(C)C[C@@H]1[C@@](C)(O)C(C)(C)C. The van der Waals surface area contributed by atoms with E-state index in [1.54, 1.807) is 13.2 Å². The molecule has 3 aliphatic rings. The van der Waals surface area contributed by atoms with Crippen molar-refractivity contribution in [2.45, 2.75) is 96.9 Å². The van der Waals surface area contributed by atoms with E-state index >= 15 is 0 Å². The number of ether oxygens (including phenoxy) is 2. The van der Waals surface area contributed by atoms with E-state index in [0.29, 0.717) is 5.75 Å². The van der Waals surface area contributed by atoms with Crippen LogP contribution in [0.25, 0.3) is 0 Å². The van der Waals surface area contributed by atoms with Crippen LogP contribution in [0.2, 0.25) is 0 Å². The Morgan fingerprint density at radius 2 is 1.88 bits per heavy atom. The van der Waals surface area contributed by atoms with Gasteiger partial charge in [0.25, 0.3) is 0 Å². The van der Waals surface area contributed by atoms with E-state index in [0.717, 1.165) is 38.8 Å². The first-order valence-electron chi connectivity index (χ1n) is 12.3. The van der Waals surface area contributed by atoms with Gasteiger partial charge < -0.3 is 25.0 Å². The second-order valence-electron chi connectivity index (χ2n) is 12.2. The van der Waals surface area contributed by atoms with Crippen molar-refractivity contribution in [1.82, 2.24) is 5.32 Å². The molecule has 5 atom stereocenters. The molecule has 5 nitrogen and oxygen atoms in total. The predicted molar refractivity (Wildman–Crippen MR) is 127 cm³/mol. The molecule has 1 fully saturated rings. The minimum atomic E-state index is -0.971. The monoisotopic (exact) mass is 445 g/mol. The van der Waals surface area contributed by atoms with Crippen molar-refractivity contribution in [2.75, 3.05) is 20.2 Å². The summed E-state index contributed by atoms with van der Waals surface area (Å²) in [5.41, 5.74) is -0.0598. The van der Waals surface area contributed by atoms with Crippen molar-refractivity contribution in [3.8, 4) is 11.5 Å². The zero-order valence-electron chi connectivity index (χ0n) is 21.3. The molecule has 3 N–H and O–H groups in total. The molecule has 2 unspecified atom stereocenters. The molecule has 180 valence electrons. The third kappa shape index (κ3) is 2.86. The molecule has 0 saturated heterocycles. The van der Waals surface area contributed by atoms with Gasteiger partial charge in [-0.25, -0.2) is 0 Å². The number of nitrogens with one attached hydrogen (secondary N) is 1. The standard InChI is InChI=1S/C27H43NO4/c1-9-27(31-8)19(25(7,30)23(2,3)4)16-24(5,6)26-13-15-28-14-12-17-10-11-18(29)21(20(17)26)32-22(26)27/h10-11,19,22,28-30H,9,12-16H2,1-8H3/t19-,22?,25-,26?,27-/m1/s1. The number of methoxy groups -OCH3 is 1. The van der Waals surface area contributed by atoms with Crippen LogP contribution in [0, 0.1) is 16.7 Å². The quantitative estimate of drug-likeness (QED) is 0.636. The van der Waals surface area contributed by atoms with E-state index in [1.807, 2.05) is 6.92 Å². The number of benzene rings is 1. The van der Waals surface area contributed by atoms with Crippen molar-refractivity contribution in [3.05, 3.63) is 23.3 Å². The minimum Gasteiger partial charge on any atom is -0.504 e. The summed E-state index contributed by atoms with van der Waals surface area (Å²) in [6.45, 7) is 16.9. The highest BCUT2D eigenvalue weighted by Crippen LogP contribution is 2.69. The van der Waals surface area contributed by atoms with Gasteiger partial charge in [0.05, 0.1) is 5.60 Å². The van der Waals surface area contributed by atoms with Gasteiger partial charge in [0.2, 0.25) is 0 Å². The summed E-state index contributed by atoms with van der Waals surface area (Å²) in [4.78, 5) is 0. The highest BCUT2D eigenvalue weighted by molar-refractivity contribution is 5.60. The number of phenols is 1. The Bertz CT molecular complexity index is 880. The average molecular weight is 446 g/mol. The first kappa shape index (κ1) is 23.8. The van der Waals surface area contributed by atoms with Crippen LogP contribution in [0.4, 0.5) is 0 Å². The molecule has 0 radical (unpaired) electrons. The molecule has 5 heteroatoms. The lowest BCUT2D eigenvalue weighted by Gasteiger charge is -2.65. The number of aromatic hydroxyl groups is 1. The lowest BCUT2D eigenvalue weighted by atomic mass is 9.43. The zero-order chi connectivity index (χ0) is 23.7. The Morgan fingerprint density at radius 3 is 2.47 bits per heavy atom. The fourth-order valence-electron chi connectivity index (χ4n) is 7.29. The first-order valence-corrected chi connectivity index (χ1v) is 12.3. The van der Waals surface area contributed by atoms with E-state index in [-0.39, 0.29) is 34.0 Å². The Morgan fingerprint density at radius 1 is 1.19 bits per heavy atom. The number of aliphatic hydroxyl groups is 1. The van der Waals surface area contributed by atoms with Crippen LogP contribution in [0.15, 0.2) is 12.1 Å². The maximum Gasteiger partial charge on any atom is 0.165 e. The maximum atomic E-state index is 12.0. The van der Waals surface area contributed by atoms with Gasteiger partial charge in [-0.1, -0.05) is 47.6 Å². The van der Waals surface area contributed by atoms with Gasteiger partial charge in [-0.2, -0.15) is 0 Å². The largest absolute Gasteiger partial charge is 0.504 e. The van der Waals surface area contributed by atoms with Gasteiger partial charge in [0.15, 0.2) is 11.5 Å². The first-order chi connectivity index (χ1) is 14.8. The molecule has 1 aromatic carbocycles. The number of hydrogen-bond donors (Lipinski definition) is 3. The summed E-state index contributed by atoms with van der Waals surface area (Å²) in [6.07, 6.45) is 3.05. The van der Waals surface area contributed by atoms with Crippen molar-refractivity contribution in [2.24, 2.45) is 16.7 Å². The molecule has 2 heterocycles. The molecule has 2 aliphatic heterocycles. The van der Waals surface area contributed by atoms with E-state index < -0.39 is 11.2 Å². The summed E-state index contributed by atoms with van der Waals surface area (Å²) < 4.78 is 13.3. The Kier molecular flexibility index (Phi) is 5.48. The van der Waals surface area contributed by atoms with Gasteiger partial charge in [0, 0.05) is 24.0 Å². The minimum absolute atomic E-state index is 0.131. The summed E-state index contributed by atoms with van der Waals surface area (Å²) in [5, 5.41) is 26.6. The van der Waals surface area contributed by atoms with Crippen LogP contribution < -0.4 is 10.1 Å². The fourth-order valence-corrected chi connectivity index (χ4v) is 7.29. The van der Waals surface area contributed by atoms with Crippen molar-refractivity contribution >= 4 is 0 Å². The summed E-state index contributed by atoms with van der Waals surface area (Å²) in [5.74, 6) is 0.712. The second kappa shape index (κ2) is 7.35. The molecule has 1 spiro atoms. The lowest BCUT2D eigenvalue weighted by Crippen LogP contribution is -2.73. The molecule has 1 saturated carbocycles. The van der Waals surface area contributed by atoms with Gasteiger partial charge in [-0.05, 0) is 68.2 Å². The zero-order valence-corrected chi connectivity index (χ0v) is 21.3. The van der Waals surface area contributed by atoms with Gasteiger partial charge >= 0.3 is 0 Å². The van der Waals surface area contributed by atoms with E-state index in [4.69, 9.17) is 9.47 Å². The summed E-state index contributed by atoms with van der Waals surface area (Å²) in [6, 6.07) is 3.85. The third-order valence-electron chi connectivity index (χ3n) is 9.71. The van der Waals surface area contributed by atoms with Gasteiger partial charge in [-0.15, -0.1) is 0 Å². The van der Waals surface area contributed by atoms with E-state index in [2.05, 4.69) is 52.9 Å². The highest BCUT2D eigenvalue weighted by Gasteiger charge is 2.73. The van der Waals surface area contributed by atoms with Crippen LogP contribution >= 0.6 is 0 Å². The van der Waals surface area contributed by atoms with Gasteiger partial charge in [0.1, 0.15) is 11.7 Å². The molecule has 1 aromatic rings. The highest BCUT2D eigenvalue weighted by atomic mass is 16.6. The Balaban J connectivity index is 2.02. The number of rotatable bonds is 3. The van der Waals surface area contributed by atoms with E-state index in [9.17, 15) is 10.2 Å². The molecular formula is C27H43NO4. The maximum absolute atomic E-state index is 12.0. The molecular weight excluding hydrogens is 402 g/mol. The predicted octanol–water partition coefficient (Wildman–Crippen LogP) is 4.57. The van der Waals surface area contributed by atoms with Crippen molar-refractivity contribution < 1.29 is 19.7 Å². The third-order valence-corrected chi connectivity index (χ3v) is 9.71. The van der Waals surface area contributed by atoms with Gasteiger partial charge in [-0.3, -0.25) is 0 Å². The van der Waals surface area contributed by atoms with Crippen LogP contribution in [-0.2, 0) is 16.6 Å². The summed E-state index contributed by atoms with van der Waals surface area (Å²) in [7, 11) is 1.77. The molecule has 32 heavy (non-hydrogen) atoms. The topological polar surface area (TPSA) is 71.0 Å². The molecule has 4 rings (SSSR count). The normalized spacial score (nSPS) is 35.7. The Hall–Kier alpha value is -1.30. The molecule has 0 bridgehead atoms. The molecule has 1 aliphatic carbocycles. The van der Waals surface area contributed by atoms with E-state index in [1.165, 1.54) is 11.1 Å². The van der Waals surface area contributed by atoms with Crippen LogP contribution in [-0.4, -0.2) is 47.7 Å². The van der Waals surface area contributed by atoms with Crippen molar-refractivity contribution in [3.63, 3.8) is 0 Å². The fraction of sp³-hybridized carbons (Fsp3) is 0.778. The Labute approximate surface area is 193 Å². The second-order valence-corrected chi connectivity index (χ2v) is 12.2. The van der Waals surface area contributed by atoms with Crippen LogP contribution in [0.5, 0.6) is 11.5 Å². The average Bonchev–Trinajstić information content (AvgIpc) is 3.05.